The molecule has 118 valence electrons. The molecule has 0 atom stereocenters. The monoisotopic (exact) mass is 297 g/mol. The van der Waals surface area contributed by atoms with Gasteiger partial charge in [0.05, 0.1) is 13.2 Å². The number of rotatable bonds is 3. The van der Waals surface area contributed by atoms with E-state index in [0.29, 0.717) is 0 Å². The van der Waals surface area contributed by atoms with E-state index in [9.17, 15) is 0 Å². The van der Waals surface area contributed by atoms with E-state index < -0.39 is 0 Å². The molecule has 1 aliphatic rings. The van der Waals surface area contributed by atoms with Crippen LogP contribution in [0.5, 0.6) is 0 Å². The van der Waals surface area contributed by atoms with E-state index in [1.165, 1.54) is 22.3 Å². The Morgan fingerprint density at radius 2 is 1.32 bits per heavy atom. The largest absolute Gasteiger partial charge is 0.379 e. The molecule has 1 fully saturated rings. The van der Waals surface area contributed by atoms with Crippen molar-refractivity contribution < 1.29 is 4.74 Å². The fourth-order valence-electron chi connectivity index (χ4n) is 2.57. The van der Waals surface area contributed by atoms with Crippen molar-refractivity contribution in [2.24, 2.45) is 0 Å². The van der Waals surface area contributed by atoms with Gasteiger partial charge in [0.15, 0.2) is 0 Å². The first-order valence-electron chi connectivity index (χ1n) is 8.27. The third-order valence-electron chi connectivity index (χ3n) is 3.85. The van der Waals surface area contributed by atoms with Gasteiger partial charge in [-0.1, -0.05) is 67.9 Å². The zero-order valence-electron chi connectivity index (χ0n) is 14.0. The molecular formula is C20H27NO. The standard InChI is InChI=1S/C18H21NO.C2H6/c1-15-2-6-17(7-3-15)18-8-4-16(5-9-18)14-19-10-12-20-13-11-19;1-2/h2-9H,10-14H2,1H3;1-2H3. The van der Waals surface area contributed by atoms with Crippen molar-refractivity contribution in [3.05, 3.63) is 59.7 Å². The Bertz CT molecular complexity index is 539. The number of hydrogen-bond donors (Lipinski definition) is 0. The minimum absolute atomic E-state index is 0.863. The predicted octanol–water partition coefficient (Wildman–Crippen LogP) is 4.52. The van der Waals surface area contributed by atoms with Crippen LogP contribution in [0.25, 0.3) is 11.1 Å². The average Bonchev–Trinajstić information content (AvgIpc) is 2.59. The van der Waals surface area contributed by atoms with Crippen molar-refractivity contribution in [1.82, 2.24) is 4.90 Å². The van der Waals surface area contributed by atoms with Gasteiger partial charge in [0.1, 0.15) is 0 Å². The number of benzene rings is 2. The molecule has 0 saturated carbocycles. The van der Waals surface area contributed by atoms with E-state index in [2.05, 4.69) is 60.4 Å². The van der Waals surface area contributed by atoms with E-state index in [1.807, 2.05) is 13.8 Å². The maximum atomic E-state index is 5.38. The minimum Gasteiger partial charge on any atom is -0.379 e. The quantitative estimate of drug-likeness (QED) is 0.826. The van der Waals surface area contributed by atoms with Crippen molar-refractivity contribution in [3.63, 3.8) is 0 Å². The second-order valence-electron chi connectivity index (χ2n) is 5.45. The first kappa shape index (κ1) is 16.7. The first-order chi connectivity index (χ1) is 10.8. The summed E-state index contributed by atoms with van der Waals surface area (Å²) in [5, 5.41) is 0. The summed E-state index contributed by atoms with van der Waals surface area (Å²) in [6.07, 6.45) is 0. The summed E-state index contributed by atoms with van der Waals surface area (Å²) in [5.74, 6) is 0. The minimum atomic E-state index is 0.863. The van der Waals surface area contributed by atoms with Gasteiger partial charge in [0, 0.05) is 19.6 Å². The molecule has 2 aromatic rings. The summed E-state index contributed by atoms with van der Waals surface area (Å²) in [4.78, 5) is 2.45. The number of morpholine rings is 1. The van der Waals surface area contributed by atoms with Crippen molar-refractivity contribution >= 4 is 0 Å². The molecule has 0 aliphatic carbocycles. The van der Waals surface area contributed by atoms with Crippen LogP contribution in [0.2, 0.25) is 0 Å². The molecule has 0 amide bonds. The molecule has 0 unspecified atom stereocenters. The van der Waals surface area contributed by atoms with Crippen LogP contribution in [0.1, 0.15) is 25.0 Å². The lowest BCUT2D eigenvalue weighted by molar-refractivity contribution is 0.0342. The molecular weight excluding hydrogens is 270 g/mol. The Balaban J connectivity index is 0.000000847. The molecule has 2 aromatic carbocycles. The normalized spacial score (nSPS) is 15.0. The highest BCUT2D eigenvalue weighted by atomic mass is 16.5. The van der Waals surface area contributed by atoms with Gasteiger partial charge in [0.25, 0.3) is 0 Å². The predicted molar refractivity (Wildman–Crippen MR) is 94.1 cm³/mol. The van der Waals surface area contributed by atoms with Gasteiger partial charge in [0.2, 0.25) is 0 Å². The average molecular weight is 297 g/mol. The summed E-state index contributed by atoms with van der Waals surface area (Å²) in [5.41, 5.74) is 5.25. The van der Waals surface area contributed by atoms with Gasteiger partial charge in [-0.3, -0.25) is 4.90 Å². The Kier molecular flexibility index (Phi) is 6.63. The van der Waals surface area contributed by atoms with Gasteiger partial charge in [-0.05, 0) is 23.6 Å². The van der Waals surface area contributed by atoms with Crippen LogP contribution in [-0.2, 0) is 11.3 Å². The van der Waals surface area contributed by atoms with Crippen LogP contribution >= 0.6 is 0 Å². The molecule has 22 heavy (non-hydrogen) atoms. The van der Waals surface area contributed by atoms with Crippen LogP contribution in [0.15, 0.2) is 48.5 Å². The fraction of sp³-hybridized carbons (Fsp3) is 0.400. The van der Waals surface area contributed by atoms with E-state index >= 15 is 0 Å². The van der Waals surface area contributed by atoms with Crippen molar-refractivity contribution in [2.45, 2.75) is 27.3 Å². The smallest absolute Gasteiger partial charge is 0.0594 e. The van der Waals surface area contributed by atoms with Crippen molar-refractivity contribution in [1.29, 1.82) is 0 Å². The molecule has 3 rings (SSSR count). The molecule has 1 aliphatic heterocycles. The summed E-state index contributed by atoms with van der Waals surface area (Å²) < 4.78 is 5.38. The lowest BCUT2D eigenvalue weighted by atomic mass is 10.0. The number of nitrogens with zero attached hydrogens (tertiary/aromatic N) is 1. The van der Waals surface area contributed by atoms with Crippen LogP contribution in [0.4, 0.5) is 0 Å². The Hall–Kier alpha value is -1.64. The van der Waals surface area contributed by atoms with E-state index in [-0.39, 0.29) is 0 Å². The number of hydrogen-bond acceptors (Lipinski definition) is 2. The summed E-state index contributed by atoms with van der Waals surface area (Å²) in [6.45, 7) is 11.0. The number of aryl methyl sites for hydroxylation is 1. The van der Waals surface area contributed by atoms with Gasteiger partial charge >= 0.3 is 0 Å². The van der Waals surface area contributed by atoms with Crippen molar-refractivity contribution in [2.75, 3.05) is 26.3 Å². The second kappa shape index (κ2) is 8.72. The highest BCUT2D eigenvalue weighted by molar-refractivity contribution is 5.63. The molecule has 0 N–H and O–H groups in total. The summed E-state index contributed by atoms with van der Waals surface area (Å²) >= 11 is 0. The van der Waals surface area contributed by atoms with Gasteiger partial charge in [-0.2, -0.15) is 0 Å². The molecule has 0 spiro atoms. The van der Waals surface area contributed by atoms with E-state index in [4.69, 9.17) is 4.74 Å². The maximum absolute atomic E-state index is 5.38. The molecule has 0 bridgehead atoms. The summed E-state index contributed by atoms with van der Waals surface area (Å²) in [7, 11) is 0. The van der Waals surface area contributed by atoms with Crippen LogP contribution in [-0.4, -0.2) is 31.2 Å². The second-order valence-corrected chi connectivity index (χ2v) is 5.45. The Labute approximate surface area is 134 Å². The van der Waals surface area contributed by atoms with Gasteiger partial charge in [-0.15, -0.1) is 0 Å². The zero-order valence-corrected chi connectivity index (χ0v) is 14.0. The fourth-order valence-corrected chi connectivity index (χ4v) is 2.57. The third-order valence-corrected chi connectivity index (χ3v) is 3.85. The maximum Gasteiger partial charge on any atom is 0.0594 e. The Morgan fingerprint density at radius 3 is 1.86 bits per heavy atom. The molecule has 2 heteroatoms. The molecule has 0 radical (unpaired) electrons. The van der Waals surface area contributed by atoms with Crippen molar-refractivity contribution in [3.8, 4) is 11.1 Å². The SMILES string of the molecule is CC.Cc1ccc(-c2ccc(CN3CCOCC3)cc2)cc1. The van der Waals surface area contributed by atoms with Gasteiger partial charge in [-0.25, -0.2) is 0 Å². The highest BCUT2D eigenvalue weighted by Gasteiger charge is 2.10. The Morgan fingerprint density at radius 1 is 0.818 bits per heavy atom. The molecule has 1 saturated heterocycles. The lowest BCUT2D eigenvalue weighted by Gasteiger charge is -2.26. The zero-order chi connectivity index (χ0) is 15.8. The first-order valence-corrected chi connectivity index (χ1v) is 8.27. The third kappa shape index (κ3) is 4.69. The van der Waals surface area contributed by atoms with Crippen LogP contribution in [0.3, 0.4) is 0 Å². The van der Waals surface area contributed by atoms with Gasteiger partial charge < -0.3 is 4.74 Å². The van der Waals surface area contributed by atoms with Crippen LogP contribution in [0, 0.1) is 6.92 Å². The van der Waals surface area contributed by atoms with E-state index in [0.717, 1.165) is 32.8 Å². The highest BCUT2D eigenvalue weighted by Crippen LogP contribution is 2.20. The molecule has 1 heterocycles. The lowest BCUT2D eigenvalue weighted by Crippen LogP contribution is -2.35. The summed E-state index contributed by atoms with van der Waals surface area (Å²) in [6, 6.07) is 17.6. The topological polar surface area (TPSA) is 12.5 Å². The molecule has 2 nitrogen and oxygen atoms in total. The number of ether oxygens (including phenoxy) is 1. The molecule has 0 aromatic heterocycles. The van der Waals surface area contributed by atoms with Crippen LogP contribution < -0.4 is 0 Å². The van der Waals surface area contributed by atoms with E-state index in [1.54, 1.807) is 0 Å².